The molecule has 0 unspecified atom stereocenters. The van der Waals surface area contributed by atoms with Crippen molar-refractivity contribution in [3.8, 4) is 11.8 Å². The number of hydrogen-bond acceptors (Lipinski definition) is 4. The molecular formula is C13H14N2O2. The number of benzene rings is 1. The van der Waals surface area contributed by atoms with Crippen LogP contribution >= 0.6 is 0 Å². The molecule has 0 spiro atoms. The van der Waals surface area contributed by atoms with Crippen LogP contribution in [0.5, 0.6) is 11.8 Å². The first kappa shape index (κ1) is 11.5. The van der Waals surface area contributed by atoms with Gasteiger partial charge in [0, 0.05) is 18.5 Å². The fourth-order valence-corrected chi connectivity index (χ4v) is 1.43. The minimum Gasteiger partial charge on any atom is -0.424 e. The van der Waals surface area contributed by atoms with Gasteiger partial charge in [0.15, 0.2) is 0 Å². The number of aliphatic hydroxyl groups excluding tert-OH is 1. The Morgan fingerprint density at radius 1 is 1.18 bits per heavy atom. The lowest BCUT2D eigenvalue weighted by atomic mass is 10.1. The molecule has 0 amide bonds. The zero-order valence-electron chi connectivity index (χ0n) is 9.63. The maximum absolute atomic E-state index is 8.80. The van der Waals surface area contributed by atoms with E-state index in [0.717, 1.165) is 11.3 Å². The van der Waals surface area contributed by atoms with E-state index in [0.29, 0.717) is 18.2 Å². The Labute approximate surface area is 99.9 Å². The fraction of sp³-hybridized carbons (Fsp3) is 0.231. The van der Waals surface area contributed by atoms with E-state index in [1.165, 1.54) is 0 Å². The number of aliphatic hydroxyl groups is 1. The van der Waals surface area contributed by atoms with Crippen molar-refractivity contribution >= 4 is 0 Å². The second-order valence-electron chi connectivity index (χ2n) is 3.70. The maximum atomic E-state index is 8.80. The predicted molar refractivity (Wildman–Crippen MR) is 64.1 cm³/mol. The molecule has 0 aliphatic heterocycles. The smallest absolute Gasteiger partial charge is 0.322 e. The molecule has 0 saturated carbocycles. The molecule has 2 aromatic rings. The highest BCUT2D eigenvalue weighted by atomic mass is 16.5. The third kappa shape index (κ3) is 3.26. The minimum absolute atomic E-state index is 0.154. The molecule has 0 bridgehead atoms. The third-order valence-electron chi connectivity index (χ3n) is 2.31. The van der Waals surface area contributed by atoms with Gasteiger partial charge in [0.1, 0.15) is 5.75 Å². The summed E-state index contributed by atoms with van der Waals surface area (Å²) >= 11 is 0. The molecule has 0 saturated heterocycles. The SMILES string of the molecule is Cc1ccnc(Oc2ccc(CCO)cc2)n1. The van der Waals surface area contributed by atoms with Gasteiger partial charge in [0.2, 0.25) is 0 Å². The molecule has 1 heterocycles. The highest BCUT2D eigenvalue weighted by Crippen LogP contribution is 2.18. The van der Waals surface area contributed by atoms with Crippen LogP contribution in [0.2, 0.25) is 0 Å². The number of aromatic nitrogens is 2. The molecule has 4 heteroatoms. The van der Waals surface area contributed by atoms with Crippen LogP contribution in [0.4, 0.5) is 0 Å². The van der Waals surface area contributed by atoms with E-state index < -0.39 is 0 Å². The average molecular weight is 230 g/mol. The monoisotopic (exact) mass is 230 g/mol. The molecule has 0 atom stereocenters. The first-order chi connectivity index (χ1) is 8.28. The van der Waals surface area contributed by atoms with E-state index in [1.807, 2.05) is 37.3 Å². The summed E-state index contributed by atoms with van der Waals surface area (Å²) in [4.78, 5) is 8.17. The van der Waals surface area contributed by atoms with E-state index in [2.05, 4.69) is 9.97 Å². The molecule has 1 aromatic heterocycles. The van der Waals surface area contributed by atoms with E-state index in [4.69, 9.17) is 9.84 Å². The number of nitrogens with zero attached hydrogens (tertiary/aromatic N) is 2. The van der Waals surface area contributed by atoms with Gasteiger partial charge >= 0.3 is 6.01 Å². The lowest BCUT2D eigenvalue weighted by Crippen LogP contribution is -1.94. The summed E-state index contributed by atoms with van der Waals surface area (Å²) in [5.41, 5.74) is 1.94. The lowest BCUT2D eigenvalue weighted by molar-refractivity contribution is 0.299. The van der Waals surface area contributed by atoms with Crippen LogP contribution in [0.25, 0.3) is 0 Å². The second kappa shape index (κ2) is 5.41. The quantitative estimate of drug-likeness (QED) is 0.874. The maximum Gasteiger partial charge on any atom is 0.322 e. The standard InChI is InChI=1S/C13H14N2O2/c1-10-6-8-14-13(15-10)17-12-4-2-11(3-5-12)7-9-16/h2-6,8,16H,7,9H2,1H3. The van der Waals surface area contributed by atoms with Gasteiger partial charge in [0.25, 0.3) is 0 Å². The normalized spacial score (nSPS) is 10.2. The van der Waals surface area contributed by atoms with E-state index in [-0.39, 0.29) is 6.61 Å². The molecule has 1 aromatic carbocycles. The van der Waals surface area contributed by atoms with Gasteiger partial charge in [-0.1, -0.05) is 12.1 Å². The number of ether oxygens (including phenoxy) is 1. The summed E-state index contributed by atoms with van der Waals surface area (Å²) in [6, 6.07) is 9.69. The molecule has 2 rings (SSSR count). The summed E-state index contributed by atoms with van der Waals surface area (Å²) in [5.74, 6) is 0.692. The van der Waals surface area contributed by atoms with Crippen molar-refractivity contribution in [3.63, 3.8) is 0 Å². The molecule has 1 N–H and O–H groups in total. The first-order valence-corrected chi connectivity index (χ1v) is 5.45. The van der Waals surface area contributed by atoms with Gasteiger partial charge in [-0.25, -0.2) is 9.97 Å². The fourth-order valence-electron chi connectivity index (χ4n) is 1.43. The lowest BCUT2D eigenvalue weighted by Gasteiger charge is -2.04. The molecule has 0 fully saturated rings. The van der Waals surface area contributed by atoms with Gasteiger partial charge < -0.3 is 9.84 Å². The molecule has 0 aliphatic carbocycles. The predicted octanol–water partition coefficient (Wildman–Crippen LogP) is 2.11. The summed E-state index contributed by atoms with van der Waals surface area (Å²) in [6.45, 7) is 2.04. The van der Waals surface area contributed by atoms with Crippen LogP contribution in [0.3, 0.4) is 0 Å². The summed E-state index contributed by atoms with van der Waals surface area (Å²) in [5, 5.41) is 8.80. The van der Waals surface area contributed by atoms with Crippen molar-refractivity contribution in [1.82, 2.24) is 9.97 Å². The Morgan fingerprint density at radius 3 is 2.59 bits per heavy atom. The van der Waals surface area contributed by atoms with Crippen LogP contribution in [0, 0.1) is 6.92 Å². The molecule has 0 radical (unpaired) electrons. The van der Waals surface area contributed by atoms with E-state index in [1.54, 1.807) is 6.20 Å². The molecule has 0 aliphatic rings. The Balaban J connectivity index is 2.08. The Morgan fingerprint density at radius 2 is 1.94 bits per heavy atom. The Kier molecular flexibility index (Phi) is 3.67. The van der Waals surface area contributed by atoms with Gasteiger partial charge in [0.05, 0.1) is 0 Å². The highest BCUT2D eigenvalue weighted by Gasteiger charge is 2.00. The third-order valence-corrected chi connectivity index (χ3v) is 2.31. The number of rotatable bonds is 4. The van der Waals surface area contributed by atoms with Crippen LogP contribution in [0.15, 0.2) is 36.5 Å². The van der Waals surface area contributed by atoms with Gasteiger partial charge in [-0.2, -0.15) is 0 Å². The van der Waals surface area contributed by atoms with Crippen molar-refractivity contribution in [1.29, 1.82) is 0 Å². The van der Waals surface area contributed by atoms with E-state index in [9.17, 15) is 0 Å². The summed E-state index contributed by atoms with van der Waals surface area (Å²) < 4.78 is 5.51. The number of hydrogen-bond donors (Lipinski definition) is 1. The number of aryl methyl sites for hydroxylation is 1. The van der Waals surface area contributed by atoms with Crippen LogP contribution in [0.1, 0.15) is 11.3 Å². The van der Waals surface area contributed by atoms with Crippen LogP contribution in [-0.2, 0) is 6.42 Å². The Hall–Kier alpha value is -1.94. The van der Waals surface area contributed by atoms with Gasteiger partial charge in [-0.15, -0.1) is 0 Å². The molecule has 88 valence electrons. The highest BCUT2D eigenvalue weighted by molar-refractivity contribution is 5.29. The van der Waals surface area contributed by atoms with Crippen molar-refractivity contribution in [2.24, 2.45) is 0 Å². The van der Waals surface area contributed by atoms with Crippen LogP contribution in [-0.4, -0.2) is 21.7 Å². The van der Waals surface area contributed by atoms with Crippen molar-refractivity contribution in [2.75, 3.05) is 6.61 Å². The first-order valence-electron chi connectivity index (χ1n) is 5.45. The minimum atomic E-state index is 0.154. The Bertz CT molecular complexity index is 483. The van der Waals surface area contributed by atoms with Gasteiger partial charge in [-0.3, -0.25) is 0 Å². The van der Waals surface area contributed by atoms with Crippen LogP contribution < -0.4 is 4.74 Å². The molecular weight excluding hydrogens is 216 g/mol. The largest absolute Gasteiger partial charge is 0.424 e. The average Bonchev–Trinajstić information content (AvgIpc) is 2.32. The molecule has 4 nitrogen and oxygen atoms in total. The van der Waals surface area contributed by atoms with Crippen molar-refractivity contribution < 1.29 is 9.84 Å². The van der Waals surface area contributed by atoms with E-state index >= 15 is 0 Å². The van der Waals surface area contributed by atoms with Crippen molar-refractivity contribution in [2.45, 2.75) is 13.3 Å². The zero-order valence-corrected chi connectivity index (χ0v) is 9.63. The van der Waals surface area contributed by atoms with Crippen molar-refractivity contribution in [3.05, 3.63) is 47.8 Å². The second-order valence-corrected chi connectivity index (χ2v) is 3.70. The summed E-state index contributed by atoms with van der Waals surface area (Å²) in [6.07, 6.45) is 2.32. The zero-order chi connectivity index (χ0) is 12.1. The topological polar surface area (TPSA) is 55.2 Å². The molecule has 17 heavy (non-hydrogen) atoms. The van der Waals surface area contributed by atoms with Gasteiger partial charge in [-0.05, 0) is 37.1 Å². The summed E-state index contributed by atoms with van der Waals surface area (Å²) in [7, 11) is 0.